The largest absolute Gasteiger partial charge is 0.454 e. The van der Waals surface area contributed by atoms with E-state index in [9.17, 15) is 13.2 Å². The van der Waals surface area contributed by atoms with Crippen molar-refractivity contribution in [1.82, 2.24) is 8.87 Å². The first-order valence-electron chi connectivity index (χ1n) is 9.09. The molecule has 7 nitrogen and oxygen atoms in total. The zero-order chi connectivity index (χ0) is 21.2. The summed E-state index contributed by atoms with van der Waals surface area (Å²) in [6, 6.07) is 14.6. The lowest BCUT2D eigenvalue weighted by molar-refractivity contribution is 0.0439. The smallest absolute Gasteiger partial charge is 0.340 e. The van der Waals surface area contributed by atoms with Gasteiger partial charge in [-0.1, -0.05) is 30.3 Å². The topological polar surface area (TPSA) is 81.8 Å². The van der Waals surface area contributed by atoms with Gasteiger partial charge in [-0.25, -0.2) is 17.5 Å². The van der Waals surface area contributed by atoms with E-state index in [1.807, 2.05) is 44.2 Å². The Kier molecular flexibility index (Phi) is 5.95. The summed E-state index contributed by atoms with van der Waals surface area (Å²) in [6.07, 6.45) is 0. The van der Waals surface area contributed by atoms with E-state index in [-0.39, 0.29) is 17.5 Å². The summed E-state index contributed by atoms with van der Waals surface area (Å²) in [6.45, 7) is 4.33. The fourth-order valence-electron chi connectivity index (χ4n) is 2.99. The fraction of sp³-hybridized carbons (Fsp3) is 0.286. The molecule has 0 N–H and O–H groups in total. The second-order valence-corrected chi connectivity index (χ2v) is 9.02. The molecule has 3 rings (SSSR count). The number of ether oxygens (including phenoxy) is 1. The number of hydrogen-bond acceptors (Lipinski definition) is 5. The van der Waals surface area contributed by atoms with Crippen molar-refractivity contribution in [1.29, 1.82) is 0 Å². The van der Waals surface area contributed by atoms with Crippen LogP contribution in [0, 0.1) is 13.8 Å². The van der Waals surface area contributed by atoms with Gasteiger partial charge >= 0.3 is 5.97 Å². The molecule has 2 aromatic heterocycles. The molecule has 29 heavy (non-hydrogen) atoms. The van der Waals surface area contributed by atoms with E-state index in [1.165, 1.54) is 26.2 Å². The van der Waals surface area contributed by atoms with Crippen LogP contribution in [0.5, 0.6) is 0 Å². The molecule has 0 aliphatic heterocycles. The van der Waals surface area contributed by atoms with Gasteiger partial charge in [-0.05, 0) is 37.6 Å². The number of benzene rings is 1. The van der Waals surface area contributed by atoms with E-state index >= 15 is 0 Å². The number of esters is 1. The maximum absolute atomic E-state index is 12.6. The number of hydrogen-bond donors (Lipinski definition) is 0. The van der Waals surface area contributed by atoms with Crippen molar-refractivity contribution >= 4 is 16.0 Å². The molecule has 154 valence electrons. The number of aromatic nitrogens is 1. The molecular formula is C21H24N2O5S. The van der Waals surface area contributed by atoms with Crippen LogP contribution in [0.15, 0.2) is 58.0 Å². The highest BCUT2D eigenvalue weighted by Crippen LogP contribution is 2.20. The molecule has 0 radical (unpaired) electrons. The lowest BCUT2D eigenvalue weighted by Crippen LogP contribution is -2.21. The summed E-state index contributed by atoms with van der Waals surface area (Å²) in [5, 5.41) is -0.186. The molecule has 0 saturated carbocycles. The van der Waals surface area contributed by atoms with Gasteiger partial charge in [-0.2, -0.15) is 0 Å². The second kappa shape index (κ2) is 8.26. The highest BCUT2D eigenvalue weighted by atomic mass is 32.2. The maximum Gasteiger partial charge on any atom is 0.340 e. The Balaban J connectivity index is 1.71. The van der Waals surface area contributed by atoms with Crippen molar-refractivity contribution in [2.75, 3.05) is 14.1 Å². The van der Waals surface area contributed by atoms with Crippen LogP contribution in [0.2, 0.25) is 0 Å². The van der Waals surface area contributed by atoms with Gasteiger partial charge in [0.25, 0.3) is 10.0 Å². The summed E-state index contributed by atoms with van der Waals surface area (Å²) in [4.78, 5) is 12.6. The Labute approximate surface area is 170 Å². The summed E-state index contributed by atoms with van der Waals surface area (Å²) in [5.41, 5.74) is 3.38. The van der Waals surface area contributed by atoms with E-state index in [0.29, 0.717) is 12.1 Å². The van der Waals surface area contributed by atoms with Gasteiger partial charge in [-0.15, -0.1) is 0 Å². The molecule has 0 amide bonds. The normalized spacial score (nSPS) is 11.8. The predicted octanol–water partition coefficient (Wildman–Crippen LogP) is 3.35. The highest BCUT2D eigenvalue weighted by Gasteiger charge is 2.22. The van der Waals surface area contributed by atoms with Gasteiger partial charge < -0.3 is 13.7 Å². The zero-order valence-electron chi connectivity index (χ0n) is 16.9. The number of sulfonamides is 1. The van der Waals surface area contributed by atoms with Crippen LogP contribution >= 0.6 is 0 Å². The van der Waals surface area contributed by atoms with Crippen LogP contribution in [0.1, 0.15) is 33.1 Å². The monoisotopic (exact) mass is 416 g/mol. The average Bonchev–Trinajstić information content (AvgIpc) is 3.27. The quantitative estimate of drug-likeness (QED) is 0.552. The summed E-state index contributed by atoms with van der Waals surface area (Å²) in [7, 11) is -0.824. The minimum absolute atomic E-state index is 0.149. The number of furan rings is 1. The van der Waals surface area contributed by atoms with Gasteiger partial charge in [0.15, 0.2) is 0 Å². The Morgan fingerprint density at radius 2 is 1.79 bits per heavy atom. The first-order valence-corrected chi connectivity index (χ1v) is 10.5. The van der Waals surface area contributed by atoms with Crippen molar-refractivity contribution < 1.29 is 22.4 Å². The lowest BCUT2D eigenvalue weighted by atomic mass is 10.2. The number of carbonyl (C=O) groups excluding carboxylic acids is 1. The first-order chi connectivity index (χ1) is 13.7. The van der Waals surface area contributed by atoms with E-state index in [4.69, 9.17) is 9.15 Å². The number of carbonyl (C=O) groups is 1. The third-order valence-electron chi connectivity index (χ3n) is 4.69. The number of nitrogens with zero attached hydrogens (tertiary/aromatic N) is 2. The molecule has 0 atom stereocenters. The van der Waals surface area contributed by atoms with Gasteiger partial charge in [0, 0.05) is 32.0 Å². The molecule has 0 saturated heterocycles. The Morgan fingerprint density at radius 1 is 1.10 bits per heavy atom. The predicted molar refractivity (Wildman–Crippen MR) is 108 cm³/mol. The van der Waals surface area contributed by atoms with Crippen LogP contribution in [-0.2, 0) is 27.9 Å². The van der Waals surface area contributed by atoms with Gasteiger partial charge in [0.2, 0.25) is 5.09 Å². The van der Waals surface area contributed by atoms with Gasteiger partial charge in [0.05, 0.1) is 5.56 Å². The Hall–Kier alpha value is -2.84. The highest BCUT2D eigenvalue weighted by molar-refractivity contribution is 7.88. The van der Waals surface area contributed by atoms with Crippen molar-refractivity contribution in [3.05, 3.63) is 76.8 Å². The number of aryl methyl sites for hydroxylation is 1. The molecular weight excluding hydrogens is 392 g/mol. The molecule has 0 aliphatic rings. The standard InChI is InChI=1S/C21H24N2O5S/c1-15-12-19(16(2)23(15)13-17-8-6-5-7-9-17)21(24)27-14-18-10-11-20(28-18)29(25,26)22(3)4/h5-12H,13-14H2,1-4H3. The van der Waals surface area contributed by atoms with Crippen LogP contribution in [0.3, 0.4) is 0 Å². The molecule has 0 unspecified atom stereocenters. The Morgan fingerprint density at radius 3 is 2.45 bits per heavy atom. The molecule has 0 aliphatic carbocycles. The van der Waals surface area contributed by atoms with Crippen LogP contribution in [0.4, 0.5) is 0 Å². The van der Waals surface area contributed by atoms with E-state index in [1.54, 1.807) is 6.07 Å². The molecule has 2 heterocycles. The minimum Gasteiger partial charge on any atom is -0.454 e. The lowest BCUT2D eigenvalue weighted by Gasteiger charge is -2.10. The van der Waals surface area contributed by atoms with Crippen molar-refractivity contribution in [2.45, 2.75) is 32.1 Å². The van der Waals surface area contributed by atoms with Crippen molar-refractivity contribution in [2.24, 2.45) is 0 Å². The van der Waals surface area contributed by atoms with Crippen molar-refractivity contribution in [3.63, 3.8) is 0 Å². The Bertz CT molecular complexity index is 1110. The summed E-state index contributed by atoms with van der Waals surface area (Å²) in [5.74, 6) is -0.220. The first kappa shape index (κ1) is 20.9. The van der Waals surface area contributed by atoms with E-state index in [2.05, 4.69) is 4.57 Å². The molecule has 0 fully saturated rings. The average molecular weight is 416 g/mol. The third-order valence-corrected chi connectivity index (χ3v) is 6.38. The zero-order valence-corrected chi connectivity index (χ0v) is 17.7. The summed E-state index contributed by atoms with van der Waals surface area (Å²) >= 11 is 0. The van der Waals surface area contributed by atoms with Crippen molar-refractivity contribution in [3.8, 4) is 0 Å². The molecule has 0 spiro atoms. The third kappa shape index (κ3) is 4.44. The summed E-state index contributed by atoms with van der Waals surface area (Å²) < 4.78 is 37.9. The van der Waals surface area contributed by atoms with Gasteiger partial charge in [0.1, 0.15) is 12.4 Å². The van der Waals surface area contributed by atoms with Crippen LogP contribution in [-0.4, -0.2) is 37.4 Å². The fourth-order valence-corrected chi connectivity index (χ4v) is 3.80. The maximum atomic E-state index is 12.6. The number of rotatable bonds is 7. The van der Waals surface area contributed by atoms with Crippen LogP contribution in [0.25, 0.3) is 0 Å². The van der Waals surface area contributed by atoms with E-state index in [0.717, 1.165) is 21.3 Å². The molecule has 8 heteroatoms. The minimum atomic E-state index is -3.66. The molecule has 0 bridgehead atoms. The SMILES string of the molecule is Cc1cc(C(=O)OCc2ccc(S(=O)(=O)N(C)C)o2)c(C)n1Cc1ccccc1. The molecule has 3 aromatic rings. The molecule has 1 aromatic carbocycles. The van der Waals surface area contributed by atoms with Gasteiger partial charge in [-0.3, -0.25) is 0 Å². The second-order valence-electron chi connectivity index (χ2n) is 6.94. The van der Waals surface area contributed by atoms with E-state index < -0.39 is 16.0 Å². The van der Waals surface area contributed by atoms with Crippen LogP contribution < -0.4 is 0 Å².